The second-order valence-corrected chi connectivity index (χ2v) is 6.36. The number of rotatable bonds is 4. The molecule has 0 bridgehead atoms. The average molecular weight is 398 g/mol. The lowest BCUT2D eigenvalue weighted by atomic mass is 10.2. The molecule has 0 amide bonds. The molecule has 0 saturated carbocycles. The van der Waals surface area contributed by atoms with Crippen LogP contribution < -0.4 is 4.74 Å². The van der Waals surface area contributed by atoms with Gasteiger partial charge in [-0.1, -0.05) is 22.8 Å². The molecule has 112 valence electrons. The van der Waals surface area contributed by atoms with Crippen molar-refractivity contribution in [2.24, 2.45) is 0 Å². The molecule has 4 nitrogen and oxygen atoms in total. The van der Waals surface area contributed by atoms with Gasteiger partial charge in [0, 0.05) is 10.9 Å². The predicted molar refractivity (Wildman–Crippen MR) is 92.0 cm³/mol. The maximum absolute atomic E-state index is 6.26. The minimum atomic E-state index is 0.287. The summed E-state index contributed by atoms with van der Waals surface area (Å²) in [7, 11) is 1.62. The third kappa shape index (κ3) is 3.24. The van der Waals surface area contributed by atoms with Gasteiger partial charge in [0.05, 0.1) is 11.6 Å². The monoisotopic (exact) mass is 396 g/mol. The molecule has 2 heterocycles. The normalized spacial score (nSPS) is 11.7. The van der Waals surface area contributed by atoms with Crippen molar-refractivity contribution < 1.29 is 9.26 Å². The van der Waals surface area contributed by atoms with E-state index in [0.717, 1.165) is 21.3 Å². The number of hydrogen-bond donors (Lipinski definition) is 0. The molecule has 3 aromatic rings. The van der Waals surface area contributed by atoms with E-state index < -0.39 is 0 Å². The lowest BCUT2D eigenvalue weighted by Gasteiger charge is -2.03. The third-order valence-corrected chi connectivity index (χ3v) is 4.45. The van der Waals surface area contributed by atoms with Crippen molar-refractivity contribution >= 4 is 50.0 Å². The Morgan fingerprint density at radius 2 is 2.27 bits per heavy atom. The molecule has 0 radical (unpaired) electrons. The topological polar surface area (TPSA) is 48.2 Å². The SMILES string of the molecule is COc1ccc(/C=C(\Cl)c2nc(-c3ccsc3)no2)cc1Br. The smallest absolute Gasteiger partial charge is 0.269 e. The number of nitrogens with zero attached hydrogens (tertiary/aromatic N) is 2. The summed E-state index contributed by atoms with van der Waals surface area (Å²) < 4.78 is 11.2. The number of aromatic nitrogens is 2. The van der Waals surface area contributed by atoms with Gasteiger partial charge in [-0.25, -0.2) is 0 Å². The minimum Gasteiger partial charge on any atom is -0.496 e. The van der Waals surface area contributed by atoms with E-state index in [2.05, 4.69) is 26.1 Å². The van der Waals surface area contributed by atoms with Crippen LogP contribution in [0.25, 0.3) is 22.5 Å². The van der Waals surface area contributed by atoms with Crippen LogP contribution in [0.15, 0.2) is 44.0 Å². The van der Waals surface area contributed by atoms with Crippen LogP contribution in [0.1, 0.15) is 11.5 Å². The van der Waals surface area contributed by atoms with Crippen molar-refractivity contribution in [2.45, 2.75) is 0 Å². The molecular formula is C15H10BrClN2O2S. The summed E-state index contributed by atoms with van der Waals surface area (Å²) in [6, 6.07) is 7.57. The van der Waals surface area contributed by atoms with Gasteiger partial charge in [0.2, 0.25) is 5.82 Å². The van der Waals surface area contributed by atoms with Gasteiger partial charge in [0.1, 0.15) is 10.8 Å². The van der Waals surface area contributed by atoms with Gasteiger partial charge in [-0.15, -0.1) is 0 Å². The Bertz CT molecular complexity index is 815. The molecule has 0 aliphatic rings. The maximum Gasteiger partial charge on any atom is 0.269 e. The van der Waals surface area contributed by atoms with E-state index in [1.54, 1.807) is 24.5 Å². The molecule has 0 N–H and O–H groups in total. The Hall–Kier alpha value is -1.63. The summed E-state index contributed by atoms with van der Waals surface area (Å²) in [5, 5.41) is 8.22. The second-order valence-electron chi connectivity index (χ2n) is 4.32. The van der Waals surface area contributed by atoms with Gasteiger partial charge >= 0.3 is 0 Å². The number of benzene rings is 1. The standard InChI is InChI=1S/C15H10BrClN2O2S/c1-20-13-3-2-9(6-11(13)16)7-12(17)15-18-14(19-21-15)10-4-5-22-8-10/h2-8H,1H3/b12-7-. The number of halogens is 2. The van der Waals surface area contributed by atoms with Gasteiger partial charge in [-0.3, -0.25) is 0 Å². The number of thiophene rings is 1. The summed E-state index contributed by atoms with van der Waals surface area (Å²) >= 11 is 11.3. The van der Waals surface area contributed by atoms with Crippen molar-refractivity contribution in [3.8, 4) is 17.1 Å². The molecule has 22 heavy (non-hydrogen) atoms. The van der Waals surface area contributed by atoms with Crippen LogP contribution in [-0.4, -0.2) is 17.3 Å². The van der Waals surface area contributed by atoms with Crippen LogP contribution in [0, 0.1) is 0 Å². The van der Waals surface area contributed by atoms with Crippen molar-refractivity contribution in [1.29, 1.82) is 0 Å². The quantitative estimate of drug-likeness (QED) is 0.599. The first-order chi connectivity index (χ1) is 10.7. The van der Waals surface area contributed by atoms with Crippen LogP contribution in [0.4, 0.5) is 0 Å². The van der Waals surface area contributed by atoms with Crippen LogP contribution in [-0.2, 0) is 0 Å². The molecule has 2 aromatic heterocycles. The Kier molecular flexibility index (Phi) is 4.61. The number of hydrogen-bond acceptors (Lipinski definition) is 5. The largest absolute Gasteiger partial charge is 0.496 e. The lowest BCUT2D eigenvalue weighted by Crippen LogP contribution is -1.85. The molecular weight excluding hydrogens is 388 g/mol. The third-order valence-electron chi connectivity index (χ3n) is 2.88. The van der Waals surface area contributed by atoms with Crippen LogP contribution in [0.2, 0.25) is 0 Å². The zero-order chi connectivity index (χ0) is 15.5. The van der Waals surface area contributed by atoms with Crippen molar-refractivity contribution in [3.63, 3.8) is 0 Å². The van der Waals surface area contributed by atoms with E-state index >= 15 is 0 Å². The van der Waals surface area contributed by atoms with Crippen LogP contribution in [0.5, 0.6) is 5.75 Å². The average Bonchev–Trinajstić information content (AvgIpc) is 3.18. The predicted octanol–water partition coefficient (Wildman–Crippen LogP) is 5.31. The Morgan fingerprint density at radius 1 is 1.41 bits per heavy atom. The molecule has 1 aromatic carbocycles. The van der Waals surface area contributed by atoms with Gasteiger partial charge in [-0.05, 0) is 51.1 Å². The zero-order valence-electron chi connectivity index (χ0n) is 11.4. The van der Waals surface area contributed by atoms with E-state index in [0.29, 0.717) is 10.9 Å². The minimum absolute atomic E-state index is 0.287. The fraction of sp³-hybridized carbons (Fsp3) is 0.0667. The summed E-state index contributed by atoms with van der Waals surface area (Å²) in [4.78, 5) is 4.30. The summed E-state index contributed by atoms with van der Waals surface area (Å²) in [5.74, 6) is 1.57. The molecule has 0 atom stereocenters. The highest BCUT2D eigenvalue weighted by Gasteiger charge is 2.12. The number of methoxy groups -OCH3 is 1. The van der Waals surface area contributed by atoms with Gasteiger partial charge in [-0.2, -0.15) is 16.3 Å². The molecule has 0 unspecified atom stereocenters. The van der Waals surface area contributed by atoms with E-state index in [1.807, 2.05) is 35.0 Å². The summed E-state index contributed by atoms with van der Waals surface area (Å²) in [6.45, 7) is 0. The molecule has 0 fully saturated rings. The molecule has 7 heteroatoms. The Labute approximate surface area is 144 Å². The van der Waals surface area contributed by atoms with Gasteiger partial charge in [0.25, 0.3) is 5.89 Å². The van der Waals surface area contributed by atoms with E-state index in [9.17, 15) is 0 Å². The van der Waals surface area contributed by atoms with E-state index in [-0.39, 0.29) is 5.89 Å². The van der Waals surface area contributed by atoms with Gasteiger partial charge in [0.15, 0.2) is 0 Å². The highest BCUT2D eigenvalue weighted by Crippen LogP contribution is 2.29. The molecule has 0 aliphatic heterocycles. The summed E-state index contributed by atoms with van der Waals surface area (Å²) in [6.07, 6.45) is 1.76. The zero-order valence-corrected chi connectivity index (χ0v) is 14.6. The highest BCUT2D eigenvalue weighted by molar-refractivity contribution is 9.10. The first-order valence-corrected chi connectivity index (χ1v) is 8.36. The lowest BCUT2D eigenvalue weighted by molar-refractivity contribution is 0.410. The molecule has 0 spiro atoms. The molecule has 0 aliphatic carbocycles. The second kappa shape index (κ2) is 6.64. The van der Waals surface area contributed by atoms with E-state index in [4.69, 9.17) is 20.9 Å². The fourth-order valence-corrected chi connectivity index (χ4v) is 3.21. The fourth-order valence-electron chi connectivity index (χ4n) is 1.81. The van der Waals surface area contributed by atoms with Gasteiger partial charge < -0.3 is 9.26 Å². The first-order valence-electron chi connectivity index (χ1n) is 6.25. The summed E-state index contributed by atoms with van der Waals surface area (Å²) in [5.41, 5.74) is 1.81. The van der Waals surface area contributed by atoms with Crippen molar-refractivity contribution in [3.05, 3.63) is 51.0 Å². The maximum atomic E-state index is 6.26. The molecule has 0 saturated heterocycles. The van der Waals surface area contributed by atoms with Crippen LogP contribution in [0.3, 0.4) is 0 Å². The Balaban J connectivity index is 1.87. The first kappa shape index (κ1) is 15.3. The van der Waals surface area contributed by atoms with Crippen LogP contribution >= 0.6 is 38.9 Å². The number of ether oxygens (including phenoxy) is 1. The van der Waals surface area contributed by atoms with Crippen molar-refractivity contribution in [1.82, 2.24) is 10.1 Å². The van der Waals surface area contributed by atoms with E-state index in [1.165, 1.54) is 0 Å². The van der Waals surface area contributed by atoms with Crippen molar-refractivity contribution in [2.75, 3.05) is 7.11 Å². The Morgan fingerprint density at radius 3 is 2.95 bits per heavy atom. The highest BCUT2D eigenvalue weighted by atomic mass is 79.9. The molecule has 3 rings (SSSR count).